The van der Waals surface area contributed by atoms with Crippen molar-refractivity contribution in [3.63, 3.8) is 0 Å². The van der Waals surface area contributed by atoms with Gasteiger partial charge >= 0.3 is 0 Å². The molecule has 1 heterocycles. The van der Waals surface area contributed by atoms with E-state index in [1.54, 1.807) is 20.3 Å². The van der Waals surface area contributed by atoms with Crippen molar-refractivity contribution in [2.75, 3.05) is 20.5 Å². The first kappa shape index (κ1) is 17.3. The van der Waals surface area contributed by atoms with Crippen molar-refractivity contribution in [3.8, 4) is 11.5 Å². The quantitative estimate of drug-likeness (QED) is 0.810. The number of imidazole rings is 1. The molecule has 2 aromatic rings. The summed E-state index contributed by atoms with van der Waals surface area (Å²) in [6, 6.07) is 5.53. The van der Waals surface area contributed by atoms with Crippen LogP contribution in [0.4, 0.5) is 0 Å². The van der Waals surface area contributed by atoms with Crippen LogP contribution in [-0.4, -0.2) is 43.6 Å². The summed E-state index contributed by atoms with van der Waals surface area (Å²) in [6.45, 7) is 0.113. The van der Waals surface area contributed by atoms with Crippen LogP contribution in [0.15, 0.2) is 29.6 Å². The van der Waals surface area contributed by atoms with Crippen LogP contribution in [0, 0.1) is 0 Å². The molecule has 23 heavy (non-hydrogen) atoms. The fourth-order valence-corrected chi connectivity index (χ4v) is 3.18. The second kappa shape index (κ2) is 7.01. The molecule has 0 saturated heterocycles. The van der Waals surface area contributed by atoms with Crippen LogP contribution in [0.5, 0.6) is 11.5 Å². The molecule has 0 spiro atoms. The third-order valence-corrected chi connectivity index (χ3v) is 4.46. The average Bonchev–Trinajstić information content (AvgIpc) is 2.95. The molecule has 1 aromatic carbocycles. The zero-order valence-corrected chi connectivity index (χ0v) is 14.1. The van der Waals surface area contributed by atoms with E-state index in [1.807, 2.05) is 12.1 Å². The molecule has 0 aliphatic heterocycles. The Morgan fingerprint density at radius 3 is 2.48 bits per heavy atom. The highest BCUT2D eigenvalue weighted by Gasteiger charge is 2.18. The highest BCUT2D eigenvalue weighted by Crippen LogP contribution is 2.28. The van der Waals surface area contributed by atoms with E-state index in [-0.39, 0.29) is 11.8 Å². The predicted molar refractivity (Wildman–Crippen MR) is 84.5 cm³/mol. The number of rotatable bonds is 7. The van der Waals surface area contributed by atoms with Gasteiger partial charge < -0.3 is 19.1 Å². The Hall–Kier alpha value is -2.06. The van der Waals surface area contributed by atoms with Crippen LogP contribution in [0.1, 0.15) is 11.3 Å². The molecule has 0 amide bonds. The Kier molecular flexibility index (Phi) is 5.27. The normalized spacial score (nSPS) is 11.5. The molecule has 0 radical (unpaired) electrons. The topological polar surface area (TPSA) is 90.6 Å². The van der Waals surface area contributed by atoms with Crippen molar-refractivity contribution in [2.45, 2.75) is 24.7 Å². The smallest absolute Gasteiger partial charge is 0.227 e. The number of sulfone groups is 1. The van der Waals surface area contributed by atoms with Gasteiger partial charge in [0.15, 0.2) is 11.5 Å². The van der Waals surface area contributed by atoms with Crippen LogP contribution in [-0.2, 0) is 29.4 Å². The van der Waals surface area contributed by atoms with Gasteiger partial charge in [-0.3, -0.25) is 0 Å². The van der Waals surface area contributed by atoms with Crippen LogP contribution < -0.4 is 9.47 Å². The standard InChI is InChI=1S/C15H20N2O5S/c1-21-13-5-4-11(8-14(13)22-2)6-7-17-12(10-18)9-16-15(17)23(3,19)20/h4-5,8-9,18H,6-7,10H2,1-3H3. The number of aliphatic hydroxyl groups is 1. The van der Waals surface area contributed by atoms with Gasteiger partial charge in [-0.1, -0.05) is 6.07 Å². The number of hydrogen-bond donors (Lipinski definition) is 1. The van der Waals surface area contributed by atoms with Crippen LogP contribution in [0.25, 0.3) is 0 Å². The largest absolute Gasteiger partial charge is 0.493 e. The average molecular weight is 340 g/mol. The Morgan fingerprint density at radius 2 is 1.91 bits per heavy atom. The molecule has 1 N–H and O–H groups in total. The van der Waals surface area contributed by atoms with Crippen molar-refractivity contribution in [1.29, 1.82) is 0 Å². The lowest BCUT2D eigenvalue weighted by molar-refractivity contribution is 0.268. The number of nitrogens with zero attached hydrogens (tertiary/aromatic N) is 2. The third kappa shape index (κ3) is 3.83. The van der Waals surface area contributed by atoms with Gasteiger partial charge in [0.25, 0.3) is 0 Å². The summed E-state index contributed by atoms with van der Waals surface area (Å²) < 4.78 is 35.5. The van der Waals surface area contributed by atoms with Gasteiger partial charge in [0, 0.05) is 12.8 Å². The van der Waals surface area contributed by atoms with E-state index in [9.17, 15) is 13.5 Å². The van der Waals surface area contributed by atoms with Crippen molar-refractivity contribution < 1.29 is 23.0 Å². The highest BCUT2D eigenvalue weighted by molar-refractivity contribution is 7.90. The van der Waals surface area contributed by atoms with Crippen LogP contribution >= 0.6 is 0 Å². The molecule has 0 fully saturated rings. The lowest BCUT2D eigenvalue weighted by Gasteiger charge is -2.12. The van der Waals surface area contributed by atoms with E-state index >= 15 is 0 Å². The number of ether oxygens (including phenoxy) is 2. The molecule has 7 nitrogen and oxygen atoms in total. The molecule has 8 heteroatoms. The van der Waals surface area contributed by atoms with E-state index in [2.05, 4.69) is 4.98 Å². The summed E-state index contributed by atoms with van der Waals surface area (Å²) in [5, 5.41) is 9.31. The fraction of sp³-hybridized carbons (Fsp3) is 0.400. The van der Waals surface area contributed by atoms with E-state index < -0.39 is 9.84 Å². The van der Waals surface area contributed by atoms with E-state index in [0.29, 0.717) is 30.2 Å². The van der Waals surface area contributed by atoms with Gasteiger partial charge in [-0.2, -0.15) is 0 Å². The molecular formula is C15H20N2O5S. The number of aryl methyl sites for hydroxylation is 1. The van der Waals surface area contributed by atoms with Crippen molar-refractivity contribution >= 4 is 9.84 Å². The first-order valence-corrected chi connectivity index (χ1v) is 8.86. The number of aliphatic hydroxyl groups excluding tert-OH is 1. The third-order valence-electron chi connectivity index (χ3n) is 3.47. The summed E-state index contributed by atoms with van der Waals surface area (Å²) >= 11 is 0. The summed E-state index contributed by atoms with van der Waals surface area (Å²) in [5.74, 6) is 1.24. The van der Waals surface area contributed by atoms with Gasteiger partial charge in [0.05, 0.1) is 32.7 Å². The summed E-state index contributed by atoms with van der Waals surface area (Å²) in [7, 11) is -0.331. The van der Waals surface area contributed by atoms with E-state index in [1.165, 1.54) is 10.8 Å². The second-order valence-corrected chi connectivity index (χ2v) is 6.96. The van der Waals surface area contributed by atoms with Crippen LogP contribution in [0.2, 0.25) is 0 Å². The molecule has 0 bridgehead atoms. The highest BCUT2D eigenvalue weighted by atomic mass is 32.2. The van der Waals surface area contributed by atoms with Gasteiger partial charge in [0.2, 0.25) is 15.0 Å². The Bertz CT molecular complexity index is 783. The maximum Gasteiger partial charge on any atom is 0.227 e. The van der Waals surface area contributed by atoms with Gasteiger partial charge in [-0.05, 0) is 24.1 Å². The SMILES string of the molecule is COc1ccc(CCn2c(CO)cnc2S(C)(=O)=O)cc1OC. The van der Waals surface area contributed by atoms with Gasteiger partial charge in [-0.25, -0.2) is 13.4 Å². The molecule has 0 aliphatic carbocycles. The zero-order valence-electron chi connectivity index (χ0n) is 13.3. The fourth-order valence-electron chi connectivity index (χ4n) is 2.33. The maximum atomic E-state index is 11.8. The van der Waals surface area contributed by atoms with E-state index in [0.717, 1.165) is 11.8 Å². The molecule has 1 aromatic heterocycles. The van der Waals surface area contributed by atoms with Gasteiger partial charge in [0.1, 0.15) is 0 Å². The summed E-state index contributed by atoms with van der Waals surface area (Å²) in [5.41, 5.74) is 1.42. The lowest BCUT2D eigenvalue weighted by Crippen LogP contribution is -2.13. The lowest BCUT2D eigenvalue weighted by atomic mass is 10.1. The zero-order chi connectivity index (χ0) is 17.0. The molecule has 126 valence electrons. The minimum Gasteiger partial charge on any atom is -0.493 e. The summed E-state index contributed by atoms with van der Waals surface area (Å²) in [4.78, 5) is 3.90. The van der Waals surface area contributed by atoms with Gasteiger partial charge in [-0.15, -0.1) is 0 Å². The number of benzene rings is 1. The van der Waals surface area contributed by atoms with Crippen molar-refractivity contribution in [3.05, 3.63) is 35.7 Å². The number of hydrogen-bond acceptors (Lipinski definition) is 6. The summed E-state index contributed by atoms with van der Waals surface area (Å²) in [6.07, 6.45) is 3.04. The monoisotopic (exact) mass is 340 g/mol. The Labute approximate surface area is 135 Å². The first-order valence-electron chi connectivity index (χ1n) is 6.97. The number of methoxy groups -OCH3 is 2. The molecule has 0 aliphatic rings. The minimum absolute atomic E-state index is 0.0398. The Morgan fingerprint density at radius 1 is 1.22 bits per heavy atom. The molecule has 0 saturated carbocycles. The second-order valence-electron chi connectivity index (χ2n) is 5.05. The molecule has 2 rings (SSSR count). The number of aromatic nitrogens is 2. The van der Waals surface area contributed by atoms with Crippen LogP contribution in [0.3, 0.4) is 0 Å². The molecule has 0 unspecified atom stereocenters. The predicted octanol–water partition coefficient (Wildman–Crippen LogP) is 1.04. The molecular weight excluding hydrogens is 320 g/mol. The maximum absolute atomic E-state index is 11.8. The van der Waals surface area contributed by atoms with Crippen molar-refractivity contribution in [2.24, 2.45) is 0 Å². The Balaban J connectivity index is 2.26. The van der Waals surface area contributed by atoms with Crippen molar-refractivity contribution in [1.82, 2.24) is 9.55 Å². The molecule has 0 atom stereocenters. The van der Waals surface area contributed by atoms with E-state index in [4.69, 9.17) is 9.47 Å². The minimum atomic E-state index is -3.45. The first-order chi connectivity index (χ1) is 10.9.